The molecule has 32 heavy (non-hydrogen) atoms. The number of anilines is 1. The van der Waals surface area contributed by atoms with Crippen LogP contribution in [0.1, 0.15) is 42.1 Å². The van der Waals surface area contributed by atoms with E-state index in [1.165, 1.54) is 11.3 Å². The monoisotopic (exact) mass is 461 g/mol. The zero-order valence-electron chi connectivity index (χ0n) is 18.4. The number of hydrogen-bond acceptors (Lipinski definition) is 4. The number of nitrogens with zero attached hydrogens (tertiary/aromatic N) is 2. The van der Waals surface area contributed by atoms with Gasteiger partial charge in [0.1, 0.15) is 5.00 Å². The molecule has 0 saturated carbocycles. The van der Waals surface area contributed by atoms with Crippen LogP contribution in [0.2, 0.25) is 0 Å². The highest BCUT2D eigenvalue weighted by atomic mass is 32.1. The van der Waals surface area contributed by atoms with Crippen LogP contribution < -0.4 is 10.1 Å². The Morgan fingerprint density at radius 1 is 1.00 bits per heavy atom. The number of carbonyl (C=O) groups is 1. The summed E-state index contributed by atoms with van der Waals surface area (Å²) in [6, 6.07) is 21.8. The van der Waals surface area contributed by atoms with Crippen LogP contribution in [0.5, 0.6) is 0 Å². The molecule has 0 spiro atoms. The molecule has 4 nitrogen and oxygen atoms in total. The largest absolute Gasteiger partial charge is 0.314 e. The number of aromatic nitrogens is 1. The SMILES string of the molecule is CCCCCn1c(-c2cccs2)c(NC(=O)c2ccc(C)cc2)sc1=Nc1ccccc1. The minimum atomic E-state index is -0.101. The molecular formula is C26H27N3OS2. The average molecular weight is 462 g/mol. The molecule has 4 rings (SSSR count). The lowest BCUT2D eigenvalue weighted by Gasteiger charge is -2.10. The fourth-order valence-electron chi connectivity index (χ4n) is 3.46. The van der Waals surface area contributed by atoms with Gasteiger partial charge in [0.25, 0.3) is 5.91 Å². The number of aryl methyl sites for hydroxylation is 1. The number of thiophene rings is 1. The molecule has 0 fully saturated rings. The van der Waals surface area contributed by atoms with E-state index < -0.39 is 0 Å². The number of hydrogen-bond donors (Lipinski definition) is 1. The Morgan fingerprint density at radius 2 is 1.78 bits per heavy atom. The van der Waals surface area contributed by atoms with Gasteiger partial charge in [0.05, 0.1) is 16.3 Å². The summed E-state index contributed by atoms with van der Waals surface area (Å²) in [6.45, 7) is 5.09. The molecule has 1 amide bonds. The molecule has 0 aliphatic heterocycles. The van der Waals surface area contributed by atoms with Gasteiger partial charge in [-0.1, -0.05) is 73.1 Å². The van der Waals surface area contributed by atoms with Crippen molar-refractivity contribution >= 4 is 39.3 Å². The third-order valence-corrected chi connectivity index (χ3v) is 7.04. The maximum Gasteiger partial charge on any atom is 0.256 e. The van der Waals surface area contributed by atoms with E-state index in [-0.39, 0.29) is 5.91 Å². The summed E-state index contributed by atoms with van der Waals surface area (Å²) in [5.74, 6) is -0.101. The Balaban J connectivity index is 1.81. The van der Waals surface area contributed by atoms with Gasteiger partial charge in [-0.2, -0.15) is 0 Å². The zero-order chi connectivity index (χ0) is 22.3. The predicted molar refractivity (Wildman–Crippen MR) is 136 cm³/mol. The second-order valence-corrected chi connectivity index (χ2v) is 9.59. The zero-order valence-corrected chi connectivity index (χ0v) is 20.0. The Hall–Kier alpha value is -2.96. The van der Waals surface area contributed by atoms with Crippen molar-refractivity contribution in [1.29, 1.82) is 0 Å². The molecule has 0 saturated heterocycles. The van der Waals surface area contributed by atoms with Crippen LogP contribution in [0.4, 0.5) is 10.7 Å². The molecule has 0 atom stereocenters. The highest BCUT2D eigenvalue weighted by Crippen LogP contribution is 2.35. The molecule has 6 heteroatoms. The molecule has 4 aromatic rings. The number of para-hydroxylation sites is 1. The fourth-order valence-corrected chi connectivity index (χ4v) is 5.40. The van der Waals surface area contributed by atoms with E-state index in [4.69, 9.17) is 4.99 Å². The fraction of sp³-hybridized carbons (Fsp3) is 0.231. The first-order valence-corrected chi connectivity index (χ1v) is 12.6. The lowest BCUT2D eigenvalue weighted by Crippen LogP contribution is -2.16. The van der Waals surface area contributed by atoms with Crippen molar-refractivity contribution in [3.05, 3.63) is 88.0 Å². The van der Waals surface area contributed by atoms with Crippen LogP contribution in [0.3, 0.4) is 0 Å². The van der Waals surface area contributed by atoms with Gasteiger partial charge >= 0.3 is 0 Å². The molecule has 0 bridgehead atoms. The lowest BCUT2D eigenvalue weighted by molar-refractivity contribution is 0.102. The summed E-state index contributed by atoms with van der Waals surface area (Å²) in [5.41, 5.74) is 3.73. The van der Waals surface area contributed by atoms with Gasteiger partial charge in [0, 0.05) is 12.1 Å². The van der Waals surface area contributed by atoms with E-state index in [9.17, 15) is 4.79 Å². The van der Waals surface area contributed by atoms with E-state index in [0.717, 1.165) is 57.4 Å². The first-order chi connectivity index (χ1) is 15.7. The Labute approximate surface area is 196 Å². The van der Waals surface area contributed by atoms with Crippen LogP contribution in [0, 0.1) is 6.92 Å². The maximum absolute atomic E-state index is 13.0. The topological polar surface area (TPSA) is 46.4 Å². The van der Waals surface area contributed by atoms with Crippen LogP contribution >= 0.6 is 22.7 Å². The number of rotatable bonds is 8. The number of carbonyl (C=O) groups excluding carboxylic acids is 1. The summed E-state index contributed by atoms with van der Waals surface area (Å²) in [4.78, 5) is 20.0. The molecule has 0 unspecified atom stereocenters. The Bertz CT molecular complexity index is 1220. The number of nitrogens with one attached hydrogen (secondary N) is 1. The average Bonchev–Trinajstić information content (AvgIpc) is 3.43. The van der Waals surface area contributed by atoms with Gasteiger partial charge in [-0.05, 0) is 49.1 Å². The normalized spacial score (nSPS) is 11.6. The van der Waals surface area contributed by atoms with Crippen molar-refractivity contribution in [3.8, 4) is 10.6 Å². The Kier molecular flexibility index (Phi) is 7.35. The molecule has 2 aromatic heterocycles. The van der Waals surface area contributed by atoms with Gasteiger partial charge in [-0.15, -0.1) is 11.3 Å². The third kappa shape index (κ3) is 5.26. The summed E-state index contributed by atoms with van der Waals surface area (Å²) < 4.78 is 2.27. The summed E-state index contributed by atoms with van der Waals surface area (Å²) in [6.07, 6.45) is 3.38. The van der Waals surface area contributed by atoms with Gasteiger partial charge in [0.15, 0.2) is 4.80 Å². The lowest BCUT2D eigenvalue weighted by atomic mass is 10.1. The van der Waals surface area contributed by atoms with Gasteiger partial charge in [-0.3, -0.25) is 4.79 Å². The smallest absolute Gasteiger partial charge is 0.256 e. The molecule has 0 radical (unpaired) electrons. The quantitative estimate of drug-likeness (QED) is 0.276. The van der Waals surface area contributed by atoms with Crippen LogP contribution in [-0.4, -0.2) is 10.5 Å². The molecule has 2 heterocycles. The van der Waals surface area contributed by atoms with Crippen LogP contribution in [0.15, 0.2) is 77.1 Å². The number of amides is 1. The molecule has 0 aliphatic rings. The van der Waals surface area contributed by atoms with E-state index >= 15 is 0 Å². The second-order valence-electron chi connectivity index (χ2n) is 7.67. The van der Waals surface area contributed by atoms with Gasteiger partial charge in [-0.25, -0.2) is 4.99 Å². The van der Waals surface area contributed by atoms with Gasteiger partial charge < -0.3 is 9.88 Å². The predicted octanol–water partition coefficient (Wildman–Crippen LogP) is 7.26. The summed E-state index contributed by atoms with van der Waals surface area (Å²) in [7, 11) is 0. The van der Waals surface area contributed by atoms with E-state index in [1.54, 1.807) is 11.3 Å². The maximum atomic E-state index is 13.0. The highest BCUT2D eigenvalue weighted by molar-refractivity contribution is 7.16. The van der Waals surface area contributed by atoms with Crippen molar-refractivity contribution in [3.63, 3.8) is 0 Å². The first kappa shape index (κ1) is 22.2. The number of thiazole rings is 1. The molecule has 1 N–H and O–H groups in total. The van der Waals surface area contributed by atoms with E-state index in [1.807, 2.05) is 67.6 Å². The van der Waals surface area contributed by atoms with Crippen molar-refractivity contribution in [2.45, 2.75) is 39.7 Å². The minimum Gasteiger partial charge on any atom is -0.314 e. The number of benzene rings is 2. The van der Waals surface area contributed by atoms with Gasteiger partial charge in [0.2, 0.25) is 0 Å². The highest BCUT2D eigenvalue weighted by Gasteiger charge is 2.19. The first-order valence-electron chi connectivity index (χ1n) is 10.9. The second kappa shape index (κ2) is 10.6. The van der Waals surface area contributed by atoms with Crippen LogP contribution in [-0.2, 0) is 6.54 Å². The third-order valence-electron chi connectivity index (χ3n) is 5.17. The van der Waals surface area contributed by atoms with Crippen molar-refractivity contribution in [1.82, 2.24) is 4.57 Å². The van der Waals surface area contributed by atoms with Crippen molar-refractivity contribution in [2.75, 3.05) is 5.32 Å². The molecular weight excluding hydrogens is 434 g/mol. The van der Waals surface area contributed by atoms with Crippen LogP contribution in [0.25, 0.3) is 10.6 Å². The summed E-state index contributed by atoms with van der Waals surface area (Å²) in [5, 5.41) is 6.09. The van der Waals surface area contributed by atoms with E-state index in [0.29, 0.717) is 5.56 Å². The molecule has 2 aromatic carbocycles. The Morgan fingerprint density at radius 3 is 2.47 bits per heavy atom. The summed E-state index contributed by atoms with van der Waals surface area (Å²) >= 11 is 3.22. The molecule has 0 aliphatic carbocycles. The standard InChI is InChI=1S/C26H27N3OS2/c1-3-4-8-17-29-23(22-12-9-18-31-22)25(28-24(30)20-15-13-19(2)14-16-20)32-26(29)27-21-10-6-5-7-11-21/h5-7,9-16,18H,3-4,8,17H2,1-2H3,(H,28,30). The van der Waals surface area contributed by atoms with Crippen molar-refractivity contribution < 1.29 is 4.79 Å². The van der Waals surface area contributed by atoms with E-state index in [2.05, 4.69) is 28.3 Å². The van der Waals surface area contributed by atoms with Crippen molar-refractivity contribution in [2.24, 2.45) is 4.99 Å². The minimum absolute atomic E-state index is 0.101. The number of unbranched alkanes of at least 4 members (excludes halogenated alkanes) is 2. The molecule has 164 valence electrons.